The Hall–Kier alpha value is -0.510. The first kappa shape index (κ1) is 12.9. The molecule has 1 heterocycles. The van der Waals surface area contributed by atoms with Crippen LogP contribution in [0.15, 0.2) is 24.3 Å². The molecule has 0 aliphatic carbocycles. The lowest BCUT2D eigenvalue weighted by molar-refractivity contribution is 0.290. The third-order valence-corrected chi connectivity index (χ3v) is 4.50. The molecule has 1 unspecified atom stereocenters. The minimum absolute atomic E-state index is 0.655. The molecule has 1 aromatic rings. The van der Waals surface area contributed by atoms with Crippen LogP contribution in [-0.2, 0) is 13.0 Å². The van der Waals surface area contributed by atoms with E-state index < -0.39 is 0 Å². The van der Waals surface area contributed by atoms with Crippen LogP contribution in [0.4, 0.5) is 0 Å². The summed E-state index contributed by atoms with van der Waals surface area (Å²) < 4.78 is 0. The van der Waals surface area contributed by atoms with Crippen molar-refractivity contribution in [2.45, 2.75) is 25.1 Å². The molecule has 0 saturated carbocycles. The Balaban J connectivity index is 1.88. The highest BCUT2D eigenvalue weighted by Crippen LogP contribution is 2.18. The maximum absolute atomic E-state index is 5.76. The fourth-order valence-electron chi connectivity index (χ4n) is 2.37. The van der Waals surface area contributed by atoms with E-state index in [-0.39, 0.29) is 0 Å². The molecule has 2 rings (SSSR count). The van der Waals surface area contributed by atoms with E-state index in [9.17, 15) is 0 Å². The lowest BCUT2D eigenvalue weighted by Gasteiger charge is -2.30. The van der Waals surface area contributed by atoms with E-state index in [4.69, 9.17) is 5.73 Å². The van der Waals surface area contributed by atoms with Crippen molar-refractivity contribution in [2.75, 3.05) is 25.4 Å². The number of hydrogen-bond donors (Lipinski definition) is 1. The van der Waals surface area contributed by atoms with Crippen LogP contribution < -0.4 is 5.73 Å². The number of rotatable bonds is 4. The van der Waals surface area contributed by atoms with E-state index in [1.165, 1.54) is 36.5 Å². The average Bonchev–Trinajstić information content (AvgIpc) is 2.37. The van der Waals surface area contributed by atoms with Crippen LogP contribution >= 0.6 is 11.8 Å². The number of benzene rings is 1. The van der Waals surface area contributed by atoms with Gasteiger partial charge in [-0.25, -0.2) is 0 Å². The van der Waals surface area contributed by atoms with E-state index in [0.717, 1.165) is 11.7 Å². The van der Waals surface area contributed by atoms with Crippen molar-refractivity contribution in [3.63, 3.8) is 0 Å². The smallest absolute Gasteiger partial charge is 0.0180 e. The van der Waals surface area contributed by atoms with E-state index in [1.54, 1.807) is 0 Å². The molecular weight excluding hydrogens is 228 g/mol. The lowest BCUT2D eigenvalue weighted by atomic mass is 10.0. The first-order chi connectivity index (χ1) is 8.29. The van der Waals surface area contributed by atoms with Gasteiger partial charge in [-0.2, -0.15) is 11.8 Å². The van der Waals surface area contributed by atoms with E-state index in [1.807, 2.05) is 0 Å². The van der Waals surface area contributed by atoms with Crippen LogP contribution in [0, 0.1) is 0 Å². The topological polar surface area (TPSA) is 29.3 Å². The second-order valence-electron chi connectivity index (χ2n) is 4.70. The molecule has 1 aliphatic rings. The third kappa shape index (κ3) is 3.73. The van der Waals surface area contributed by atoms with Crippen molar-refractivity contribution in [2.24, 2.45) is 5.73 Å². The number of nitrogens with zero attached hydrogens (tertiary/aromatic N) is 1. The summed E-state index contributed by atoms with van der Waals surface area (Å²) in [6.45, 7) is 6.62. The van der Waals surface area contributed by atoms with Gasteiger partial charge in [-0.1, -0.05) is 31.2 Å². The van der Waals surface area contributed by atoms with Crippen molar-refractivity contribution >= 4 is 11.8 Å². The molecule has 0 amide bonds. The van der Waals surface area contributed by atoms with Crippen LogP contribution in [0.25, 0.3) is 0 Å². The highest BCUT2D eigenvalue weighted by molar-refractivity contribution is 7.99. The van der Waals surface area contributed by atoms with Crippen LogP contribution in [0.5, 0.6) is 0 Å². The summed E-state index contributed by atoms with van der Waals surface area (Å²) >= 11 is 2.09. The zero-order chi connectivity index (χ0) is 12.1. The first-order valence-corrected chi connectivity index (χ1v) is 7.45. The Bertz CT molecular complexity index is 354. The highest BCUT2D eigenvalue weighted by atomic mass is 32.2. The molecule has 2 N–H and O–H groups in total. The quantitative estimate of drug-likeness (QED) is 0.887. The summed E-state index contributed by atoms with van der Waals surface area (Å²) in [5.41, 5.74) is 8.48. The summed E-state index contributed by atoms with van der Waals surface area (Å²) in [7, 11) is 0. The Labute approximate surface area is 109 Å². The Morgan fingerprint density at radius 2 is 2.12 bits per heavy atom. The maximum atomic E-state index is 5.76. The molecule has 17 heavy (non-hydrogen) atoms. The molecule has 1 saturated heterocycles. The molecule has 1 aromatic carbocycles. The van der Waals surface area contributed by atoms with E-state index in [0.29, 0.717) is 6.54 Å². The summed E-state index contributed by atoms with van der Waals surface area (Å²) in [6.07, 6.45) is 1.13. The normalized spacial score (nSPS) is 21.6. The highest BCUT2D eigenvalue weighted by Gasteiger charge is 2.16. The number of nitrogens with two attached hydrogens (primary N) is 1. The van der Waals surface area contributed by atoms with Crippen LogP contribution in [0.3, 0.4) is 0 Å². The molecule has 1 aliphatic heterocycles. The summed E-state index contributed by atoms with van der Waals surface area (Å²) in [5.74, 6) is 1.28. The van der Waals surface area contributed by atoms with Crippen molar-refractivity contribution in [3.8, 4) is 0 Å². The monoisotopic (exact) mass is 250 g/mol. The third-order valence-electron chi connectivity index (χ3n) is 3.36. The predicted octanol–water partition coefficient (Wildman–Crippen LogP) is 2.13. The second kappa shape index (κ2) is 6.43. The lowest BCUT2D eigenvalue weighted by Crippen LogP contribution is -2.37. The molecule has 3 heteroatoms. The van der Waals surface area contributed by atoms with Gasteiger partial charge in [0.2, 0.25) is 0 Å². The van der Waals surface area contributed by atoms with Gasteiger partial charge in [0.25, 0.3) is 0 Å². The molecule has 1 atom stereocenters. The number of thioether (sulfide) groups is 1. The molecular formula is C14H22N2S. The molecule has 0 aromatic heterocycles. The standard InChI is InChI=1S/C14H22N2S/c1-12-11-16(8-9-17-12)7-6-13-4-2-3-5-14(13)10-15/h2-5,12H,6-11,15H2,1H3. The zero-order valence-corrected chi connectivity index (χ0v) is 11.4. The minimum Gasteiger partial charge on any atom is -0.326 e. The fraction of sp³-hybridized carbons (Fsp3) is 0.571. The van der Waals surface area contributed by atoms with Crippen molar-refractivity contribution in [1.82, 2.24) is 4.90 Å². The van der Waals surface area contributed by atoms with E-state index in [2.05, 4.69) is 47.9 Å². The predicted molar refractivity (Wildman–Crippen MR) is 76.4 cm³/mol. The molecule has 0 radical (unpaired) electrons. The van der Waals surface area contributed by atoms with Gasteiger partial charge in [0.1, 0.15) is 0 Å². The first-order valence-electron chi connectivity index (χ1n) is 6.40. The molecule has 0 spiro atoms. The van der Waals surface area contributed by atoms with Gasteiger partial charge in [0.05, 0.1) is 0 Å². The van der Waals surface area contributed by atoms with Gasteiger partial charge in [-0.15, -0.1) is 0 Å². The van der Waals surface area contributed by atoms with Crippen LogP contribution in [0.2, 0.25) is 0 Å². The number of hydrogen-bond acceptors (Lipinski definition) is 3. The summed E-state index contributed by atoms with van der Waals surface area (Å²) in [4.78, 5) is 2.58. The zero-order valence-electron chi connectivity index (χ0n) is 10.6. The largest absolute Gasteiger partial charge is 0.326 e. The maximum Gasteiger partial charge on any atom is 0.0180 e. The molecule has 0 bridgehead atoms. The molecule has 2 nitrogen and oxygen atoms in total. The van der Waals surface area contributed by atoms with E-state index >= 15 is 0 Å². The van der Waals surface area contributed by atoms with Crippen LogP contribution in [-0.4, -0.2) is 35.5 Å². The Morgan fingerprint density at radius 1 is 1.35 bits per heavy atom. The second-order valence-corrected chi connectivity index (χ2v) is 6.25. The molecule has 1 fully saturated rings. The van der Waals surface area contributed by atoms with Crippen molar-refractivity contribution < 1.29 is 0 Å². The van der Waals surface area contributed by atoms with Gasteiger partial charge >= 0.3 is 0 Å². The van der Waals surface area contributed by atoms with Gasteiger partial charge < -0.3 is 10.6 Å². The Kier molecular flexibility index (Phi) is 4.89. The van der Waals surface area contributed by atoms with Gasteiger partial charge in [0.15, 0.2) is 0 Å². The summed E-state index contributed by atoms with van der Waals surface area (Å²) in [5, 5.41) is 0.786. The Morgan fingerprint density at radius 3 is 2.82 bits per heavy atom. The SMILES string of the molecule is CC1CN(CCc2ccccc2CN)CCS1. The van der Waals surface area contributed by atoms with Crippen molar-refractivity contribution in [1.29, 1.82) is 0 Å². The molecule has 94 valence electrons. The summed E-state index contributed by atoms with van der Waals surface area (Å²) in [6, 6.07) is 8.54. The van der Waals surface area contributed by atoms with Crippen molar-refractivity contribution in [3.05, 3.63) is 35.4 Å². The van der Waals surface area contributed by atoms with Crippen LogP contribution in [0.1, 0.15) is 18.1 Å². The average molecular weight is 250 g/mol. The van der Waals surface area contributed by atoms with Gasteiger partial charge in [-0.3, -0.25) is 0 Å². The van der Waals surface area contributed by atoms with Gasteiger partial charge in [0, 0.05) is 37.2 Å². The van der Waals surface area contributed by atoms with Gasteiger partial charge in [-0.05, 0) is 17.5 Å². The minimum atomic E-state index is 0.655. The fourth-order valence-corrected chi connectivity index (χ4v) is 3.45.